The Kier molecular flexibility index (Phi) is 6.87. The van der Waals surface area contributed by atoms with Gasteiger partial charge in [-0.2, -0.15) is 18.2 Å². The Morgan fingerprint density at radius 3 is 2.23 bits per heavy atom. The molecule has 0 saturated heterocycles. The lowest BCUT2D eigenvalue weighted by Gasteiger charge is -2.30. The largest absolute Gasteiger partial charge is 0.497 e. The SMILES string of the molecule is COc1ccc(C(=O)NC2CCC(Nc3cc(C(F)(F)F)nc(N(C)C)n3)CC2)cc1. The van der Waals surface area contributed by atoms with Crippen molar-refractivity contribution >= 4 is 17.7 Å². The van der Waals surface area contributed by atoms with Gasteiger partial charge in [0.05, 0.1) is 7.11 Å². The van der Waals surface area contributed by atoms with E-state index in [1.165, 1.54) is 4.90 Å². The summed E-state index contributed by atoms with van der Waals surface area (Å²) < 4.78 is 44.6. The molecular formula is C21H26F3N5O2. The summed E-state index contributed by atoms with van der Waals surface area (Å²) in [6.07, 6.45) is -1.70. The molecule has 31 heavy (non-hydrogen) atoms. The van der Waals surface area contributed by atoms with E-state index < -0.39 is 11.9 Å². The quantitative estimate of drug-likeness (QED) is 0.717. The van der Waals surface area contributed by atoms with E-state index in [1.807, 2.05) is 0 Å². The summed E-state index contributed by atoms with van der Waals surface area (Å²) in [5, 5.41) is 6.12. The minimum Gasteiger partial charge on any atom is -0.497 e. The lowest BCUT2D eigenvalue weighted by atomic mass is 9.91. The number of amides is 1. The fraction of sp³-hybridized carbons (Fsp3) is 0.476. The van der Waals surface area contributed by atoms with Crippen LogP contribution < -0.4 is 20.3 Å². The van der Waals surface area contributed by atoms with Gasteiger partial charge in [0.1, 0.15) is 11.6 Å². The van der Waals surface area contributed by atoms with E-state index in [1.54, 1.807) is 45.5 Å². The van der Waals surface area contributed by atoms with Gasteiger partial charge in [0.15, 0.2) is 5.69 Å². The van der Waals surface area contributed by atoms with Gasteiger partial charge in [-0.1, -0.05) is 0 Å². The Morgan fingerprint density at radius 2 is 1.68 bits per heavy atom. The molecule has 0 spiro atoms. The molecule has 0 bridgehead atoms. The molecule has 1 aromatic carbocycles. The average Bonchev–Trinajstić information content (AvgIpc) is 2.74. The second-order valence-electron chi connectivity index (χ2n) is 7.73. The Morgan fingerprint density at radius 1 is 1.06 bits per heavy atom. The molecule has 0 atom stereocenters. The molecule has 3 rings (SSSR count). The first-order valence-corrected chi connectivity index (χ1v) is 10.0. The molecular weight excluding hydrogens is 411 g/mol. The number of nitrogens with one attached hydrogen (secondary N) is 2. The third-order valence-corrected chi connectivity index (χ3v) is 5.17. The van der Waals surface area contributed by atoms with Gasteiger partial charge in [0, 0.05) is 37.8 Å². The molecule has 2 N–H and O–H groups in total. The molecule has 0 unspecified atom stereocenters. The number of halogens is 3. The molecule has 1 heterocycles. The summed E-state index contributed by atoms with van der Waals surface area (Å²) in [7, 11) is 4.75. The third kappa shape index (κ3) is 5.99. The number of benzene rings is 1. The topological polar surface area (TPSA) is 79.4 Å². The maximum atomic E-state index is 13.2. The molecule has 1 aliphatic carbocycles. The molecule has 7 nitrogen and oxygen atoms in total. The van der Waals surface area contributed by atoms with Gasteiger partial charge in [-0.3, -0.25) is 4.79 Å². The fourth-order valence-corrected chi connectivity index (χ4v) is 3.46. The number of alkyl halides is 3. The van der Waals surface area contributed by atoms with Crippen LogP contribution in [0.4, 0.5) is 24.9 Å². The Hall–Kier alpha value is -3.04. The minimum absolute atomic E-state index is 0.00207. The van der Waals surface area contributed by atoms with Gasteiger partial charge in [-0.25, -0.2) is 4.98 Å². The van der Waals surface area contributed by atoms with E-state index in [9.17, 15) is 18.0 Å². The van der Waals surface area contributed by atoms with E-state index in [2.05, 4.69) is 20.6 Å². The number of carbonyl (C=O) groups is 1. The lowest BCUT2D eigenvalue weighted by Crippen LogP contribution is -2.40. The monoisotopic (exact) mass is 437 g/mol. The van der Waals surface area contributed by atoms with Crippen LogP contribution in [0.2, 0.25) is 0 Å². The summed E-state index contributed by atoms with van der Waals surface area (Å²) in [6, 6.07) is 7.79. The van der Waals surface area contributed by atoms with Gasteiger partial charge >= 0.3 is 6.18 Å². The molecule has 1 aromatic heterocycles. The molecule has 168 valence electrons. The van der Waals surface area contributed by atoms with Crippen molar-refractivity contribution in [1.29, 1.82) is 0 Å². The molecule has 1 fully saturated rings. The fourth-order valence-electron chi connectivity index (χ4n) is 3.46. The van der Waals surface area contributed by atoms with E-state index in [0.29, 0.717) is 24.2 Å². The van der Waals surface area contributed by atoms with Gasteiger partial charge in [0.2, 0.25) is 5.95 Å². The van der Waals surface area contributed by atoms with Crippen molar-refractivity contribution in [2.75, 3.05) is 31.4 Å². The zero-order valence-corrected chi connectivity index (χ0v) is 17.7. The predicted octanol–water partition coefficient (Wildman–Crippen LogP) is 3.72. The third-order valence-electron chi connectivity index (χ3n) is 5.17. The molecule has 0 aliphatic heterocycles. The maximum absolute atomic E-state index is 13.2. The summed E-state index contributed by atoms with van der Waals surface area (Å²) >= 11 is 0. The van der Waals surface area contributed by atoms with Gasteiger partial charge < -0.3 is 20.3 Å². The second-order valence-corrected chi connectivity index (χ2v) is 7.73. The number of methoxy groups -OCH3 is 1. The zero-order chi connectivity index (χ0) is 22.6. The van der Waals surface area contributed by atoms with Crippen LogP contribution in [0.3, 0.4) is 0 Å². The first kappa shape index (κ1) is 22.6. The lowest BCUT2D eigenvalue weighted by molar-refractivity contribution is -0.141. The van der Waals surface area contributed by atoms with Crippen molar-refractivity contribution < 1.29 is 22.7 Å². The van der Waals surface area contributed by atoms with Crippen LogP contribution in [-0.4, -0.2) is 49.2 Å². The molecule has 10 heteroatoms. The van der Waals surface area contributed by atoms with Crippen LogP contribution in [0.15, 0.2) is 30.3 Å². The van der Waals surface area contributed by atoms with Crippen LogP contribution in [0, 0.1) is 0 Å². The van der Waals surface area contributed by atoms with E-state index in [0.717, 1.165) is 18.9 Å². The van der Waals surface area contributed by atoms with Crippen LogP contribution in [-0.2, 0) is 6.18 Å². The molecule has 2 aromatic rings. The van der Waals surface area contributed by atoms with Crippen molar-refractivity contribution in [1.82, 2.24) is 15.3 Å². The van der Waals surface area contributed by atoms with Crippen molar-refractivity contribution in [3.05, 3.63) is 41.6 Å². The standard InChI is InChI=1S/C21H26F3N5O2/c1-29(2)20-27-17(21(22,23)24)12-18(28-20)25-14-6-8-15(9-7-14)26-19(30)13-4-10-16(31-3)11-5-13/h4-5,10-12,14-15H,6-9H2,1-3H3,(H,26,30)(H,25,27,28). The summed E-state index contributed by atoms with van der Waals surface area (Å²) in [6.45, 7) is 0. The highest BCUT2D eigenvalue weighted by Gasteiger charge is 2.34. The van der Waals surface area contributed by atoms with E-state index in [-0.39, 0.29) is 29.8 Å². The number of aromatic nitrogens is 2. The Bertz CT molecular complexity index is 895. The van der Waals surface area contributed by atoms with Crippen LogP contribution in [0.25, 0.3) is 0 Å². The number of rotatable bonds is 6. The van der Waals surface area contributed by atoms with Crippen LogP contribution in [0.5, 0.6) is 5.75 Å². The Labute approximate surface area is 179 Å². The summed E-state index contributed by atoms with van der Waals surface area (Å²) in [5.74, 6) is 0.675. The normalized spacial score (nSPS) is 18.9. The molecule has 0 radical (unpaired) electrons. The smallest absolute Gasteiger partial charge is 0.433 e. The average molecular weight is 437 g/mol. The van der Waals surface area contributed by atoms with Crippen molar-refractivity contribution in [3.63, 3.8) is 0 Å². The molecule has 1 aliphatic rings. The second kappa shape index (κ2) is 9.40. The highest BCUT2D eigenvalue weighted by Crippen LogP contribution is 2.31. The van der Waals surface area contributed by atoms with Crippen LogP contribution in [0.1, 0.15) is 41.7 Å². The van der Waals surface area contributed by atoms with Crippen molar-refractivity contribution in [2.24, 2.45) is 0 Å². The molecule has 1 amide bonds. The highest BCUT2D eigenvalue weighted by molar-refractivity contribution is 5.94. The van der Waals surface area contributed by atoms with Crippen molar-refractivity contribution in [2.45, 2.75) is 43.9 Å². The zero-order valence-electron chi connectivity index (χ0n) is 17.7. The minimum atomic E-state index is -4.55. The summed E-state index contributed by atoms with van der Waals surface area (Å²) in [5.41, 5.74) is -0.424. The van der Waals surface area contributed by atoms with Gasteiger partial charge in [-0.15, -0.1) is 0 Å². The molecule has 1 saturated carbocycles. The van der Waals surface area contributed by atoms with E-state index in [4.69, 9.17) is 4.74 Å². The maximum Gasteiger partial charge on any atom is 0.433 e. The van der Waals surface area contributed by atoms with Crippen LogP contribution >= 0.6 is 0 Å². The Balaban J connectivity index is 1.57. The number of anilines is 2. The number of ether oxygens (including phenoxy) is 1. The van der Waals surface area contributed by atoms with Gasteiger partial charge in [-0.05, 0) is 49.9 Å². The highest BCUT2D eigenvalue weighted by atomic mass is 19.4. The number of carbonyl (C=O) groups excluding carboxylic acids is 1. The van der Waals surface area contributed by atoms with Crippen molar-refractivity contribution in [3.8, 4) is 5.75 Å². The first-order valence-electron chi connectivity index (χ1n) is 10.0. The summed E-state index contributed by atoms with van der Waals surface area (Å²) in [4.78, 5) is 21.6. The number of nitrogens with zero attached hydrogens (tertiary/aromatic N) is 3. The first-order chi connectivity index (χ1) is 14.7. The van der Waals surface area contributed by atoms with Gasteiger partial charge in [0.25, 0.3) is 5.91 Å². The predicted molar refractivity (Wildman–Crippen MR) is 111 cm³/mol. The van der Waals surface area contributed by atoms with E-state index >= 15 is 0 Å². The number of hydrogen-bond acceptors (Lipinski definition) is 6. The number of hydrogen-bond donors (Lipinski definition) is 2.